The van der Waals surface area contributed by atoms with Gasteiger partial charge >= 0.3 is 0 Å². The molecule has 0 saturated carbocycles. The van der Waals surface area contributed by atoms with Gasteiger partial charge in [0.1, 0.15) is 6.10 Å². The van der Waals surface area contributed by atoms with Crippen molar-refractivity contribution in [2.75, 3.05) is 26.2 Å². The van der Waals surface area contributed by atoms with Crippen LogP contribution in [0.15, 0.2) is 54.6 Å². The zero-order valence-corrected chi connectivity index (χ0v) is 18.7. The number of piperazine rings is 1. The number of fused-ring (bicyclic) bond motifs is 1. The average Bonchev–Trinajstić information content (AvgIpc) is 3.29. The first kappa shape index (κ1) is 21.3. The van der Waals surface area contributed by atoms with Crippen LogP contribution in [0.3, 0.4) is 0 Å². The first-order valence-corrected chi connectivity index (χ1v) is 11.3. The highest BCUT2D eigenvalue weighted by Gasteiger charge is 2.32. The highest BCUT2D eigenvalue weighted by Crippen LogP contribution is 2.27. The fourth-order valence-corrected chi connectivity index (χ4v) is 4.44. The quantitative estimate of drug-likeness (QED) is 0.616. The molecule has 3 aromatic rings. The summed E-state index contributed by atoms with van der Waals surface area (Å²) in [6.45, 7) is 4.85. The second-order valence-corrected chi connectivity index (χ2v) is 8.55. The number of aromatic nitrogens is 3. The second-order valence-electron chi connectivity index (χ2n) is 8.55. The summed E-state index contributed by atoms with van der Waals surface area (Å²) in [7, 11) is 0. The summed E-state index contributed by atoms with van der Waals surface area (Å²) in [4.78, 5) is 29.5. The van der Waals surface area contributed by atoms with Crippen molar-refractivity contribution in [1.82, 2.24) is 24.8 Å². The third-order valence-corrected chi connectivity index (χ3v) is 6.49. The van der Waals surface area contributed by atoms with Gasteiger partial charge in [-0.2, -0.15) is 0 Å². The van der Waals surface area contributed by atoms with Crippen molar-refractivity contribution in [2.24, 2.45) is 0 Å². The SMILES string of the molecule is Cc1ccccc1CC(=O)N1CCN(C(=O)c2nnn3c2COC(c2ccccc2)C3)CC1. The van der Waals surface area contributed by atoms with E-state index < -0.39 is 0 Å². The molecule has 0 spiro atoms. The Morgan fingerprint density at radius 2 is 1.67 bits per heavy atom. The number of ether oxygens (including phenoxy) is 1. The molecule has 8 heteroatoms. The lowest BCUT2D eigenvalue weighted by atomic mass is 10.1. The predicted octanol–water partition coefficient (Wildman–Crippen LogP) is 2.39. The van der Waals surface area contributed by atoms with E-state index in [0.717, 1.165) is 16.7 Å². The Balaban J connectivity index is 1.20. The molecule has 170 valence electrons. The summed E-state index contributed by atoms with van der Waals surface area (Å²) in [6, 6.07) is 17.9. The van der Waals surface area contributed by atoms with Crippen LogP contribution in [0, 0.1) is 6.92 Å². The number of amides is 2. The molecule has 2 aliphatic rings. The van der Waals surface area contributed by atoms with E-state index in [1.165, 1.54) is 0 Å². The number of benzene rings is 2. The lowest BCUT2D eigenvalue weighted by Gasteiger charge is -2.34. The van der Waals surface area contributed by atoms with Gasteiger partial charge in [-0.1, -0.05) is 59.8 Å². The van der Waals surface area contributed by atoms with E-state index in [-0.39, 0.29) is 17.9 Å². The first-order valence-electron chi connectivity index (χ1n) is 11.3. The summed E-state index contributed by atoms with van der Waals surface area (Å²) in [5.74, 6) is -0.0539. The summed E-state index contributed by atoms with van der Waals surface area (Å²) in [5, 5.41) is 8.40. The second kappa shape index (κ2) is 9.15. The van der Waals surface area contributed by atoms with Crippen LogP contribution in [0.1, 0.15) is 39.0 Å². The van der Waals surface area contributed by atoms with Gasteiger partial charge in [-0.3, -0.25) is 9.59 Å². The number of aryl methyl sites for hydroxylation is 1. The van der Waals surface area contributed by atoms with Crippen LogP contribution >= 0.6 is 0 Å². The van der Waals surface area contributed by atoms with E-state index in [1.54, 1.807) is 9.58 Å². The Morgan fingerprint density at radius 3 is 2.42 bits per heavy atom. The largest absolute Gasteiger partial charge is 0.365 e. The molecule has 2 amide bonds. The molecule has 8 nitrogen and oxygen atoms in total. The van der Waals surface area contributed by atoms with Gasteiger partial charge in [0.05, 0.1) is 25.3 Å². The highest BCUT2D eigenvalue weighted by molar-refractivity contribution is 5.93. The zero-order valence-electron chi connectivity index (χ0n) is 18.7. The molecule has 1 aromatic heterocycles. The van der Waals surface area contributed by atoms with E-state index in [0.29, 0.717) is 57.1 Å². The van der Waals surface area contributed by atoms with Gasteiger partial charge in [0.15, 0.2) is 5.69 Å². The zero-order chi connectivity index (χ0) is 22.8. The van der Waals surface area contributed by atoms with E-state index >= 15 is 0 Å². The maximum Gasteiger partial charge on any atom is 0.276 e. The third kappa shape index (κ3) is 4.39. The summed E-state index contributed by atoms with van der Waals surface area (Å²) >= 11 is 0. The number of carbonyl (C=O) groups excluding carboxylic acids is 2. The van der Waals surface area contributed by atoms with Gasteiger partial charge in [0.25, 0.3) is 5.91 Å². The van der Waals surface area contributed by atoms with Crippen LogP contribution in [0.5, 0.6) is 0 Å². The maximum absolute atomic E-state index is 13.1. The smallest absolute Gasteiger partial charge is 0.276 e. The molecule has 0 bridgehead atoms. The van der Waals surface area contributed by atoms with Crippen molar-refractivity contribution in [2.45, 2.75) is 32.6 Å². The van der Waals surface area contributed by atoms with Gasteiger partial charge in [-0.05, 0) is 23.6 Å². The number of carbonyl (C=O) groups is 2. The molecule has 0 radical (unpaired) electrons. The fraction of sp³-hybridized carbons (Fsp3) is 0.360. The lowest BCUT2D eigenvalue weighted by molar-refractivity contribution is -0.131. The molecule has 1 unspecified atom stereocenters. The summed E-state index contributed by atoms with van der Waals surface area (Å²) in [6.07, 6.45) is 0.283. The van der Waals surface area contributed by atoms with Crippen molar-refractivity contribution in [3.05, 3.63) is 82.7 Å². The van der Waals surface area contributed by atoms with Crippen LogP contribution in [-0.4, -0.2) is 62.8 Å². The van der Waals surface area contributed by atoms with Crippen molar-refractivity contribution in [1.29, 1.82) is 0 Å². The summed E-state index contributed by atoms with van der Waals surface area (Å²) in [5.41, 5.74) is 4.31. The van der Waals surface area contributed by atoms with Gasteiger partial charge in [0.2, 0.25) is 5.91 Å². The number of rotatable bonds is 4. The van der Waals surface area contributed by atoms with Gasteiger partial charge in [-0.15, -0.1) is 5.10 Å². The molecule has 0 N–H and O–H groups in total. The molecular formula is C25H27N5O3. The molecular weight excluding hydrogens is 418 g/mol. The van der Waals surface area contributed by atoms with Crippen LogP contribution in [0.25, 0.3) is 0 Å². The minimum Gasteiger partial charge on any atom is -0.365 e. The third-order valence-electron chi connectivity index (χ3n) is 6.49. The maximum atomic E-state index is 13.1. The normalized spacial score (nSPS) is 18.2. The first-order chi connectivity index (χ1) is 16.1. The van der Waals surface area contributed by atoms with E-state index in [2.05, 4.69) is 10.3 Å². The van der Waals surface area contributed by atoms with Crippen LogP contribution < -0.4 is 0 Å². The molecule has 1 fully saturated rings. The van der Waals surface area contributed by atoms with Crippen molar-refractivity contribution < 1.29 is 14.3 Å². The molecule has 1 saturated heterocycles. The monoisotopic (exact) mass is 445 g/mol. The Bertz CT molecular complexity index is 1150. The number of hydrogen-bond donors (Lipinski definition) is 0. The fourth-order valence-electron chi connectivity index (χ4n) is 4.44. The topological polar surface area (TPSA) is 80.6 Å². The van der Waals surface area contributed by atoms with Gasteiger partial charge < -0.3 is 14.5 Å². The Kier molecular flexibility index (Phi) is 5.92. The molecule has 1 atom stereocenters. The molecule has 5 rings (SSSR count). The molecule has 3 heterocycles. The molecule has 33 heavy (non-hydrogen) atoms. The summed E-state index contributed by atoms with van der Waals surface area (Å²) < 4.78 is 7.79. The van der Waals surface area contributed by atoms with Gasteiger partial charge in [0, 0.05) is 26.2 Å². The lowest BCUT2D eigenvalue weighted by Crippen LogP contribution is -2.51. The van der Waals surface area contributed by atoms with Crippen LogP contribution in [0.4, 0.5) is 0 Å². The van der Waals surface area contributed by atoms with Crippen molar-refractivity contribution >= 4 is 11.8 Å². The minimum atomic E-state index is -0.149. The number of nitrogens with zero attached hydrogens (tertiary/aromatic N) is 5. The standard InChI is InChI=1S/C25H27N5O3/c1-18-7-5-6-10-20(18)15-23(31)28-11-13-29(14-12-28)25(32)24-21-17-33-22(16-30(21)27-26-24)19-8-3-2-4-9-19/h2-10,22H,11-17H2,1H3. The Labute approximate surface area is 192 Å². The van der Waals surface area contributed by atoms with E-state index in [1.807, 2.05) is 66.4 Å². The highest BCUT2D eigenvalue weighted by atomic mass is 16.5. The van der Waals surface area contributed by atoms with E-state index in [4.69, 9.17) is 4.74 Å². The molecule has 2 aliphatic heterocycles. The van der Waals surface area contributed by atoms with Crippen LogP contribution in [-0.2, 0) is 29.1 Å². The Hall–Kier alpha value is -3.52. The minimum absolute atomic E-state index is 0.0952. The van der Waals surface area contributed by atoms with Crippen molar-refractivity contribution in [3.63, 3.8) is 0 Å². The Morgan fingerprint density at radius 1 is 0.970 bits per heavy atom. The van der Waals surface area contributed by atoms with E-state index in [9.17, 15) is 9.59 Å². The van der Waals surface area contributed by atoms with Crippen LogP contribution in [0.2, 0.25) is 0 Å². The predicted molar refractivity (Wildman–Crippen MR) is 121 cm³/mol. The average molecular weight is 446 g/mol. The number of hydrogen-bond acceptors (Lipinski definition) is 5. The van der Waals surface area contributed by atoms with Gasteiger partial charge in [-0.25, -0.2) is 4.68 Å². The molecule has 0 aliphatic carbocycles. The van der Waals surface area contributed by atoms with Crippen molar-refractivity contribution in [3.8, 4) is 0 Å². The molecule has 2 aromatic carbocycles.